The van der Waals surface area contributed by atoms with Crippen molar-refractivity contribution >= 4 is 11.9 Å². The molecule has 1 saturated heterocycles. The zero-order chi connectivity index (χ0) is 18.6. The smallest absolute Gasteiger partial charge is 0.341 e. The molecule has 3 atom stereocenters. The van der Waals surface area contributed by atoms with Gasteiger partial charge in [-0.15, -0.1) is 0 Å². The predicted molar refractivity (Wildman–Crippen MR) is 93.6 cm³/mol. The van der Waals surface area contributed by atoms with Gasteiger partial charge in [-0.3, -0.25) is 4.79 Å². The molecule has 2 aliphatic rings. The highest BCUT2D eigenvalue weighted by molar-refractivity contribution is 5.89. The zero-order valence-corrected chi connectivity index (χ0v) is 14.9. The summed E-state index contributed by atoms with van der Waals surface area (Å²) in [6.07, 6.45) is 2.63. The first-order valence-corrected chi connectivity index (χ1v) is 8.85. The molecule has 1 heterocycles. The van der Waals surface area contributed by atoms with Crippen molar-refractivity contribution in [3.05, 3.63) is 42.5 Å². The van der Waals surface area contributed by atoms with E-state index in [0.29, 0.717) is 5.75 Å². The molecule has 3 unspecified atom stereocenters. The number of hydrogen-bond acceptors (Lipinski definition) is 6. The Morgan fingerprint density at radius 2 is 2.04 bits per heavy atom. The minimum absolute atomic E-state index is 0.00535. The van der Waals surface area contributed by atoms with Gasteiger partial charge in [-0.2, -0.15) is 0 Å². The lowest BCUT2D eigenvalue weighted by atomic mass is 9.83. The fourth-order valence-electron chi connectivity index (χ4n) is 3.10. The summed E-state index contributed by atoms with van der Waals surface area (Å²) >= 11 is 0. The van der Waals surface area contributed by atoms with Crippen LogP contribution in [0.25, 0.3) is 0 Å². The zero-order valence-electron chi connectivity index (χ0n) is 14.9. The Morgan fingerprint density at radius 3 is 2.77 bits per heavy atom. The molecule has 6 heteroatoms. The number of hydrogen-bond donors (Lipinski definition) is 0. The highest BCUT2D eigenvalue weighted by Gasteiger charge is 2.56. The third kappa shape index (κ3) is 4.71. The first kappa shape index (κ1) is 18.6. The average molecular weight is 360 g/mol. The van der Waals surface area contributed by atoms with E-state index in [0.717, 1.165) is 19.3 Å². The molecule has 1 aromatic rings. The molecule has 0 spiro atoms. The average Bonchev–Trinajstić information content (AvgIpc) is 3.32. The fraction of sp³-hybridized carbons (Fsp3) is 0.500. The van der Waals surface area contributed by atoms with Gasteiger partial charge in [0.25, 0.3) is 0 Å². The monoisotopic (exact) mass is 360 g/mol. The Labute approximate surface area is 153 Å². The Balaban J connectivity index is 1.27. The van der Waals surface area contributed by atoms with Gasteiger partial charge < -0.3 is 18.9 Å². The van der Waals surface area contributed by atoms with Gasteiger partial charge in [0, 0.05) is 0 Å². The van der Waals surface area contributed by atoms with Gasteiger partial charge in [0.05, 0.1) is 36.4 Å². The maximum absolute atomic E-state index is 12.0. The van der Waals surface area contributed by atoms with Crippen LogP contribution in [0, 0.1) is 5.92 Å². The second kappa shape index (κ2) is 8.01. The van der Waals surface area contributed by atoms with Crippen LogP contribution in [-0.2, 0) is 23.8 Å². The van der Waals surface area contributed by atoms with E-state index in [1.807, 2.05) is 6.07 Å². The summed E-state index contributed by atoms with van der Waals surface area (Å²) in [5.74, 6) is -0.376. The van der Waals surface area contributed by atoms with Gasteiger partial charge >= 0.3 is 11.9 Å². The van der Waals surface area contributed by atoms with Crippen molar-refractivity contribution in [2.24, 2.45) is 5.92 Å². The van der Waals surface area contributed by atoms with Crippen LogP contribution < -0.4 is 4.74 Å². The topological polar surface area (TPSA) is 74.4 Å². The van der Waals surface area contributed by atoms with E-state index in [9.17, 15) is 9.59 Å². The molecule has 1 aromatic carbocycles. The Morgan fingerprint density at radius 1 is 1.27 bits per heavy atom. The first-order chi connectivity index (χ1) is 12.5. The molecule has 6 nitrogen and oxygen atoms in total. The highest BCUT2D eigenvalue weighted by Crippen LogP contribution is 2.49. The molecular weight excluding hydrogens is 336 g/mol. The van der Waals surface area contributed by atoms with Crippen LogP contribution in [-0.4, -0.2) is 43.5 Å². The van der Waals surface area contributed by atoms with Crippen LogP contribution in [0.5, 0.6) is 5.75 Å². The number of epoxide rings is 1. The molecule has 3 rings (SSSR count). The standard InChI is InChI=1S/C20H24O6/c1-14(18(21)25-16-6-4-3-5-7-16)13-23-10-11-24-19(22)15-8-9-20(2)17(12-15)26-20/h3-7,15,17H,1,8-13H2,2H3. The van der Waals surface area contributed by atoms with Gasteiger partial charge in [0.15, 0.2) is 0 Å². The van der Waals surface area contributed by atoms with Crippen molar-refractivity contribution in [1.82, 2.24) is 0 Å². The first-order valence-electron chi connectivity index (χ1n) is 8.85. The highest BCUT2D eigenvalue weighted by atomic mass is 16.6. The van der Waals surface area contributed by atoms with E-state index in [-0.39, 0.29) is 49.0 Å². The van der Waals surface area contributed by atoms with Crippen molar-refractivity contribution in [2.75, 3.05) is 19.8 Å². The number of ether oxygens (including phenoxy) is 4. The molecule has 0 N–H and O–H groups in total. The number of esters is 2. The predicted octanol–water partition coefficient (Wildman–Crippen LogP) is 2.67. The number of rotatable bonds is 8. The summed E-state index contributed by atoms with van der Waals surface area (Å²) in [6, 6.07) is 8.76. The van der Waals surface area contributed by atoms with Crippen LogP contribution in [0.3, 0.4) is 0 Å². The van der Waals surface area contributed by atoms with Crippen molar-refractivity contribution in [2.45, 2.75) is 37.9 Å². The van der Waals surface area contributed by atoms with Gasteiger partial charge in [0.1, 0.15) is 12.4 Å². The van der Waals surface area contributed by atoms with E-state index in [4.69, 9.17) is 18.9 Å². The molecule has 0 bridgehead atoms. The normalized spacial score (nSPS) is 26.5. The Hall–Kier alpha value is -2.18. The van der Waals surface area contributed by atoms with Gasteiger partial charge in [-0.25, -0.2) is 4.79 Å². The van der Waals surface area contributed by atoms with Gasteiger partial charge in [-0.1, -0.05) is 24.8 Å². The third-order valence-corrected chi connectivity index (χ3v) is 4.85. The SMILES string of the molecule is C=C(COCCOC(=O)C1CCC2(C)OC2C1)C(=O)Oc1ccccc1. The number of benzene rings is 1. The molecule has 26 heavy (non-hydrogen) atoms. The minimum Gasteiger partial charge on any atom is -0.463 e. The quantitative estimate of drug-likeness (QED) is 0.233. The van der Waals surface area contributed by atoms with E-state index in [1.165, 1.54) is 0 Å². The molecular formula is C20H24O6. The van der Waals surface area contributed by atoms with Crippen molar-refractivity contribution in [3.63, 3.8) is 0 Å². The molecule has 1 aliphatic heterocycles. The summed E-state index contributed by atoms with van der Waals surface area (Å²) in [5, 5.41) is 0. The molecule has 0 aromatic heterocycles. The van der Waals surface area contributed by atoms with E-state index in [2.05, 4.69) is 13.5 Å². The number of carbonyl (C=O) groups is 2. The molecule has 140 valence electrons. The number of para-hydroxylation sites is 1. The summed E-state index contributed by atoms with van der Waals surface area (Å²) in [7, 11) is 0. The maximum atomic E-state index is 12.0. The number of carbonyl (C=O) groups excluding carboxylic acids is 2. The molecule has 1 saturated carbocycles. The lowest BCUT2D eigenvalue weighted by molar-refractivity contribution is -0.151. The summed E-state index contributed by atoms with van der Waals surface area (Å²) in [6.45, 7) is 6.12. The van der Waals surface area contributed by atoms with E-state index < -0.39 is 5.97 Å². The summed E-state index contributed by atoms with van der Waals surface area (Å²) in [5.41, 5.74) is 0.201. The third-order valence-electron chi connectivity index (χ3n) is 4.85. The van der Waals surface area contributed by atoms with Crippen molar-refractivity contribution < 1.29 is 28.5 Å². The lowest BCUT2D eigenvalue weighted by Gasteiger charge is -2.20. The molecule has 0 amide bonds. The van der Waals surface area contributed by atoms with Crippen LogP contribution in [0.4, 0.5) is 0 Å². The van der Waals surface area contributed by atoms with Crippen LogP contribution in [0.1, 0.15) is 26.2 Å². The molecule has 0 radical (unpaired) electrons. The fourth-order valence-corrected chi connectivity index (χ4v) is 3.10. The van der Waals surface area contributed by atoms with Gasteiger partial charge in [-0.05, 0) is 38.3 Å². The second-order valence-corrected chi connectivity index (χ2v) is 6.92. The van der Waals surface area contributed by atoms with Crippen LogP contribution in [0.2, 0.25) is 0 Å². The second-order valence-electron chi connectivity index (χ2n) is 6.92. The van der Waals surface area contributed by atoms with Crippen molar-refractivity contribution in [3.8, 4) is 5.75 Å². The lowest BCUT2D eigenvalue weighted by Crippen LogP contribution is -2.28. The Bertz CT molecular complexity index is 670. The van der Waals surface area contributed by atoms with Crippen molar-refractivity contribution in [1.29, 1.82) is 0 Å². The summed E-state index contributed by atoms with van der Waals surface area (Å²) in [4.78, 5) is 23.9. The van der Waals surface area contributed by atoms with E-state index >= 15 is 0 Å². The van der Waals surface area contributed by atoms with E-state index in [1.54, 1.807) is 24.3 Å². The molecule has 1 aliphatic carbocycles. The summed E-state index contributed by atoms with van der Waals surface area (Å²) < 4.78 is 21.3. The Kier molecular flexibility index (Phi) is 5.74. The number of fused-ring (bicyclic) bond motifs is 1. The van der Waals surface area contributed by atoms with Crippen LogP contribution in [0.15, 0.2) is 42.5 Å². The minimum atomic E-state index is -0.539. The largest absolute Gasteiger partial charge is 0.463 e. The van der Waals surface area contributed by atoms with Crippen LogP contribution >= 0.6 is 0 Å². The maximum Gasteiger partial charge on any atom is 0.341 e. The van der Waals surface area contributed by atoms with Gasteiger partial charge in [0.2, 0.25) is 0 Å². The molecule has 2 fully saturated rings.